The maximum Gasteiger partial charge on any atom is 0.170 e. The zero-order chi connectivity index (χ0) is 25.2. The Morgan fingerprint density at radius 2 is 1.75 bits per heavy atom. The van der Waals surface area contributed by atoms with Gasteiger partial charge in [-0.15, -0.1) is 0 Å². The summed E-state index contributed by atoms with van der Waals surface area (Å²) >= 11 is 12.7. The van der Waals surface area contributed by atoms with Crippen LogP contribution in [0.4, 0.5) is 11.5 Å². The predicted octanol–water partition coefficient (Wildman–Crippen LogP) is 4.63. The fraction of sp³-hybridized carbons (Fsp3) is 0.346. The van der Waals surface area contributed by atoms with Gasteiger partial charge in [-0.3, -0.25) is 9.47 Å². The minimum Gasteiger partial charge on any atom is -0.390 e. The number of anilines is 2. The quantitative estimate of drug-likeness (QED) is 0.364. The third kappa shape index (κ3) is 4.74. The van der Waals surface area contributed by atoms with E-state index in [0.29, 0.717) is 21.4 Å². The topological polar surface area (TPSA) is 82.3 Å². The predicted molar refractivity (Wildman–Crippen MR) is 145 cm³/mol. The van der Waals surface area contributed by atoms with Crippen LogP contribution in [-0.4, -0.2) is 68.0 Å². The molecule has 5 rings (SSSR count). The number of nitrogens with zero attached hydrogens (tertiary/aromatic N) is 6. The van der Waals surface area contributed by atoms with Crippen molar-refractivity contribution >= 4 is 45.9 Å². The van der Waals surface area contributed by atoms with Gasteiger partial charge in [0.05, 0.1) is 21.8 Å². The Morgan fingerprint density at radius 1 is 1.00 bits per heavy atom. The highest BCUT2D eigenvalue weighted by Gasteiger charge is 2.29. The maximum absolute atomic E-state index is 10.7. The van der Waals surface area contributed by atoms with E-state index in [2.05, 4.69) is 36.6 Å². The summed E-state index contributed by atoms with van der Waals surface area (Å²) in [7, 11) is 0. The van der Waals surface area contributed by atoms with Crippen LogP contribution in [0, 0.1) is 0 Å². The van der Waals surface area contributed by atoms with Gasteiger partial charge in [0.1, 0.15) is 18.3 Å². The molecule has 2 N–H and O–H groups in total. The number of aromatic nitrogens is 4. The Bertz CT molecular complexity index is 1340. The molecule has 0 amide bonds. The second kappa shape index (κ2) is 10.6. The Labute approximate surface area is 220 Å². The van der Waals surface area contributed by atoms with Gasteiger partial charge >= 0.3 is 0 Å². The van der Waals surface area contributed by atoms with E-state index in [4.69, 9.17) is 28.2 Å². The molecule has 2 aromatic heterocycles. The van der Waals surface area contributed by atoms with Gasteiger partial charge < -0.3 is 15.3 Å². The number of piperazine rings is 1. The number of hydrogen-bond donors (Lipinski definition) is 2. The fourth-order valence-corrected chi connectivity index (χ4v) is 5.18. The van der Waals surface area contributed by atoms with Gasteiger partial charge in [0.2, 0.25) is 0 Å². The smallest absolute Gasteiger partial charge is 0.170 e. The van der Waals surface area contributed by atoms with Crippen molar-refractivity contribution in [2.75, 3.05) is 36.4 Å². The summed E-state index contributed by atoms with van der Waals surface area (Å²) in [6.45, 7) is 6.85. The first kappa shape index (κ1) is 24.8. The zero-order valence-corrected chi connectivity index (χ0v) is 21.8. The molecular formula is C26H29Cl2N7O. The summed E-state index contributed by atoms with van der Waals surface area (Å²) in [5.41, 5.74) is 3.36. The zero-order valence-electron chi connectivity index (χ0n) is 20.3. The van der Waals surface area contributed by atoms with Crippen LogP contribution < -0.4 is 10.2 Å². The highest BCUT2D eigenvalue weighted by atomic mass is 35.5. The summed E-state index contributed by atoms with van der Waals surface area (Å²) in [6.07, 6.45) is 1.31. The molecule has 0 aliphatic carbocycles. The van der Waals surface area contributed by atoms with Crippen LogP contribution in [0.3, 0.4) is 0 Å². The van der Waals surface area contributed by atoms with Crippen molar-refractivity contribution in [3.8, 4) is 5.69 Å². The van der Waals surface area contributed by atoms with Gasteiger partial charge in [0, 0.05) is 38.3 Å². The summed E-state index contributed by atoms with van der Waals surface area (Å²) in [4.78, 5) is 18.4. The molecule has 10 heteroatoms. The molecule has 0 saturated carbocycles. The number of halogens is 2. The molecule has 4 aromatic rings. The van der Waals surface area contributed by atoms with Gasteiger partial charge in [-0.05, 0) is 31.2 Å². The van der Waals surface area contributed by atoms with Crippen molar-refractivity contribution < 1.29 is 5.11 Å². The number of nitrogens with one attached hydrogen (secondary N) is 1. The molecule has 3 heterocycles. The summed E-state index contributed by atoms with van der Waals surface area (Å²) in [6, 6.07) is 15.8. The van der Waals surface area contributed by atoms with E-state index >= 15 is 0 Å². The van der Waals surface area contributed by atoms with E-state index in [1.54, 1.807) is 19.3 Å². The van der Waals surface area contributed by atoms with Crippen molar-refractivity contribution in [3.63, 3.8) is 0 Å². The summed E-state index contributed by atoms with van der Waals surface area (Å²) in [5.74, 6) is 1.51. The molecule has 1 saturated heterocycles. The van der Waals surface area contributed by atoms with Gasteiger partial charge in [0.25, 0.3) is 0 Å². The average molecular weight is 526 g/mol. The number of aliphatic hydroxyl groups is 1. The number of hydrogen-bond acceptors (Lipinski definition) is 7. The third-order valence-corrected chi connectivity index (χ3v) is 7.37. The Kier molecular flexibility index (Phi) is 7.29. The standard InChI is InChI=1S/C26H29Cl2N7O/c1-3-21-31-23-24(29-16-30-26(23)35(21)18-8-5-4-6-9-18)32-25(17(2)36)34-14-12-33(13-15-34)20-11-7-10-19(27)22(20)28/h4-11,16-17,25,36H,3,12-15H2,1-2H3,(H,29,30,32). The lowest BCUT2D eigenvalue weighted by Crippen LogP contribution is -2.56. The second-order valence-corrected chi connectivity index (χ2v) is 9.66. The second-order valence-electron chi connectivity index (χ2n) is 8.87. The van der Waals surface area contributed by atoms with Crippen LogP contribution in [0.2, 0.25) is 10.0 Å². The van der Waals surface area contributed by atoms with E-state index in [9.17, 15) is 5.11 Å². The average Bonchev–Trinajstić information content (AvgIpc) is 3.29. The normalized spacial score (nSPS) is 16.3. The minimum atomic E-state index is -0.641. The number of rotatable bonds is 7. The lowest BCUT2D eigenvalue weighted by Gasteiger charge is -2.41. The first-order valence-corrected chi connectivity index (χ1v) is 12.9. The highest BCUT2D eigenvalue weighted by Crippen LogP contribution is 2.33. The number of benzene rings is 2. The number of aliphatic hydroxyl groups excluding tert-OH is 1. The molecule has 0 radical (unpaired) electrons. The number of para-hydroxylation sites is 1. The molecule has 0 bridgehead atoms. The van der Waals surface area contributed by atoms with E-state index in [-0.39, 0.29) is 6.17 Å². The molecule has 1 fully saturated rings. The van der Waals surface area contributed by atoms with Crippen LogP contribution in [0.5, 0.6) is 0 Å². The minimum absolute atomic E-state index is 0.341. The highest BCUT2D eigenvalue weighted by molar-refractivity contribution is 6.43. The Morgan fingerprint density at radius 3 is 2.44 bits per heavy atom. The molecule has 0 spiro atoms. The number of imidazole rings is 1. The lowest BCUT2D eigenvalue weighted by molar-refractivity contribution is 0.0720. The Balaban J connectivity index is 1.40. The third-order valence-electron chi connectivity index (χ3n) is 6.57. The first-order chi connectivity index (χ1) is 17.5. The molecule has 2 unspecified atom stereocenters. The van der Waals surface area contributed by atoms with Crippen LogP contribution in [0.1, 0.15) is 19.7 Å². The van der Waals surface area contributed by atoms with Crippen LogP contribution in [-0.2, 0) is 6.42 Å². The molecular weight excluding hydrogens is 497 g/mol. The van der Waals surface area contributed by atoms with Gasteiger partial charge in [0.15, 0.2) is 17.0 Å². The van der Waals surface area contributed by atoms with Gasteiger partial charge in [-0.25, -0.2) is 15.0 Å². The monoisotopic (exact) mass is 525 g/mol. The van der Waals surface area contributed by atoms with Crippen molar-refractivity contribution in [3.05, 3.63) is 70.7 Å². The van der Waals surface area contributed by atoms with Crippen LogP contribution >= 0.6 is 23.2 Å². The van der Waals surface area contributed by atoms with Crippen molar-refractivity contribution in [2.24, 2.45) is 0 Å². The summed E-state index contributed by atoms with van der Waals surface area (Å²) in [5, 5.41) is 15.3. The SMILES string of the molecule is CCc1nc2c(NC(C(C)O)N3CCN(c4cccc(Cl)c4Cl)CC3)ncnc2n1-c1ccccc1. The van der Waals surface area contributed by atoms with E-state index in [0.717, 1.165) is 55.4 Å². The molecule has 2 aromatic carbocycles. The van der Waals surface area contributed by atoms with E-state index in [1.807, 2.05) is 42.5 Å². The van der Waals surface area contributed by atoms with E-state index in [1.165, 1.54) is 0 Å². The number of aryl methyl sites for hydroxylation is 1. The lowest BCUT2D eigenvalue weighted by atomic mass is 10.2. The van der Waals surface area contributed by atoms with Crippen molar-refractivity contribution in [1.82, 2.24) is 24.4 Å². The summed E-state index contributed by atoms with van der Waals surface area (Å²) < 4.78 is 2.06. The maximum atomic E-state index is 10.7. The first-order valence-electron chi connectivity index (χ1n) is 12.1. The fourth-order valence-electron chi connectivity index (χ4n) is 4.76. The van der Waals surface area contributed by atoms with Crippen LogP contribution in [0.25, 0.3) is 16.9 Å². The van der Waals surface area contributed by atoms with Gasteiger partial charge in [-0.2, -0.15) is 0 Å². The Hall–Kier alpha value is -2.91. The van der Waals surface area contributed by atoms with E-state index < -0.39 is 6.10 Å². The molecule has 188 valence electrons. The van der Waals surface area contributed by atoms with Crippen LogP contribution in [0.15, 0.2) is 54.9 Å². The largest absolute Gasteiger partial charge is 0.390 e. The molecule has 8 nitrogen and oxygen atoms in total. The van der Waals surface area contributed by atoms with Crippen molar-refractivity contribution in [2.45, 2.75) is 32.5 Å². The van der Waals surface area contributed by atoms with Gasteiger partial charge in [-0.1, -0.05) is 54.4 Å². The molecule has 1 aliphatic heterocycles. The van der Waals surface area contributed by atoms with Crippen molar-refractivity contribution in [1.29, 1.82) is 0 Å². The molecule has 2 atom stereocenters. The molecule has 36 heavy (non-hydrogen) atoms. The number of fused-ring (bicyclic) bond motifs is 1. The molecule has 1 aliphatic rings.